The van der Waals surface area contributed by atoms with Crippen molar-refractivity contribution >= 4 is 55.3 Å². The number of rotatable bonds is 9. The molecule has 0 bridgehead atoms. The second kappa shape index (κ2) is 13.4. The number of amides is 1. The van der Waals surface area contributed by atoms with Crippen molar-refractivity contribution in [3.63, 3.8) is 0 Å². The van der Waals surface area contributed by atoms with Gasteiger partial charge < -0.3 is 19.2 Å². The van der Waals surface area contributed by atoms with Crippen LogP contribution in [0.2, 0.25) is 0 Å². The molecule has 2 aromatic heterocycles. The van der Waals surface area contributed by atoms with E-state index in [0.717, 1.165) is 34.7 Å². The number of nitrogens with zero attached hydrogens (tertiary/aromatic N) is 4. The van der Waals surface area contributed by atoms with E-state index in [2.05, 4.69) is 15.5 Å². The molecule has 6 aromatic rings. The van der Waals surface area contributed by atoms with Gasteiger partial charge in [-0.2, -0.15) is 17.5 Å². The summed E-state index contributed by atoms with van der Waals surface area (Å²) in [6.07, 6.45) is -4.64. The molecule has 3 heterocycles. The number of para-hydroxylation sites is 1. The van der Waals surface area contributed by atoms with Gasteiger partial charge in [0.15, 0.2) is 11.0 Å². The maximum absolute atomic E-state index is 13.8. The first-order valence-electron chi connectivity index (χ1n) is 15.3. The predicted octanol–water partition coefficient (Wildman–Crippen LogP) is 6.61. The van der Waals surface area contributed by atoms with Crippen molar-refractivity contribution < 1.29 is 40.3 Å². The number of carbonyl (C=O) groups is 1. The summed E-state index contributed by atoms with van der Waals surface area (Å²) in [6, 6.07) is 21.5. The highest BCUT2D eigenvalue weighted by Crippen LogP contribution is 2.37. The summed E-state index contributed by atoms with van der Waals surface area (Å²) in [5.41, 5.74) is 1.05. The molecule has 0 atom stereocenters. The van der Waals surface area contributed by atoms with Crippen LogP contribution in [0.25, 0.3) is 39.0 Å². The lowest BCUT2D eigenvalue weighted by atomic mass is 10.1. The Morgan fingerprint density at radius 2 is 1.72 bits per heavy atom. The molecular formula is C34H28F3N5O6S2. The van der Waals surface area contributed by atoms with Crippen LogP contribution in [0.5, 0.6) is 5.75 Å². The van der Waals surface area contributed by atoms with Gasteiger partial charge in [-0.15, -0.1) is 10.2 Å². The quantitative estimate of drug-likeness (QED) is 0.164. The average molecular weight is 724 g/mol. The molecule has 1 aliphatic rings. The van der Waals surface area contributed by atoms with Gasteiger partial charge in [0.2, 0.25) is 15.9 Å². The van der Waals surface area contributed by atoms with E-state index in [1.807, 2.05) is 24.3 Å². The summed E-state index contributed by atoms with van der Waals surface area (Å²) in [6.45, 7) is 0.901. The maximum Gasteiger partial charge on any atom is 0.416 e. The molecule has 4 aromatic carbocycles. The van der Waals surface area contributed by atoms with E-state index in [9.17, 15) is 26.4 Å². The van der Waals surface area contributed by atoms with Crippen molar-refractivity contribution in [2.75, 3.05) is 44.5 Å². The zero-order valence-electron chi connectivity index (χ0n) is 26.3. The third kappa shape index (κ3) is 6.54. The maximum atomic E-state index is 13.8. The van der Waals surface area contributed by atoms with Crippen LogP contribution < -0.4 is 10.1 Å². The van der Waals surface area contributed by atoms with Crippen LogP contribution in [0.15, 0.2) is 99.4 Å². The minimum atomic E-state index is -4.64. The lowest BCUT2D eigenvalue weighted by Gasteiger charge is -2.26. The molecule has 1 aliphatic heterocycles. The fourth-order valence-electron chi connectivity index (χ4n) is 5.67. The Labute approximate surface area is 288 Å². The molecule has 1 saturated heterocycles. The number of benzene rings is 4. The predicted molar refractivity (Wildman–Crippen MR) is 181 cm³/mol. The summed E-state index contributed by atoms with van der Waals surface area (Å²) in [7, 11) is -2.42. The van der Waals surface area contributed by atoms with Crippen LogP contribution in [0.3, 0.4) is 0 Å². The number of methoxy groups -OCH3 is 1. The summed E-state index contributed by atoms with van der Waals surface area (Å²) in [4.78, 5) is 13.3. The molecule has 258 valence electrons. The molecule has 0 saturated carbocycles. The zero-order valence-corrected chi connectivity index (χ0v) is 27.9. The molecule has 50 heavy (non-hydrogen) atoms. The Bertz CT molecular complexity index is 2340. The molecule has 1 N–H and O–H groups in total. The number of nitrogens with one attached hydrogen (secondary N) is 1. The minimum Gasteiger partial charge on any atom is -0.495 e. The Morgan fingerprint density at radius 1 is 0.940 bits per heavy atom. The molecular weight excluding hydrogens is 696 g/mol. The van der Waals surface area contributed by atoms with Crippen molar-refractivity contribution in [3.8, 4) is 22.8 Å². The van der Waals surface area contributed by atoms with Gasteiger partial charge in [-0.3, -0.25) is 9.36 Å². The number of hydrogen-bond donors (Lipinski definition) is 1. The number of halogens is 3. The average Bonchev–Trinajstić information content (AvgIpc) is 3.71. The number of sulfonamides is 1. The van der Waals surface area contributed by atoms with Crippen molar-refractivity contribution in [1.29, 1.82) is 0 Å². The lowest BCUT2D eigenvalue weighted by Crippen LogP contribution is -2.40. The van der Waals surface area contributed by atoms with Crippen LogP contribution in [0, 0.1) is 0 Å². The number of thioether (sulfide) groups is 1. The summed E-state index contributed by atoms with van der Waals surface area (Å²) in [5, 5.41) is 13.1. The standard InChI is InChI=1S/C34H28F3N5O6S2/c1-46-30-18-26-25-10-2-3-11-28(25)48-29(26)19-27(30)38-31(43)20-49-33-40-39-32(42(33)23-8-5-7-22(17-23)34(35,36)37)21-6-4-9-24(16-21)50(44,45)41-12-14-47-15-13-41/h2-11,16-19H,12-15,20H2,1H3,(H,38,43). The van der Waals surface area contributed by atoms with Gasteiger partial charge >= 0.3 is 6.18 Å². The Kier molecular flexibility index (Phi) is 9.02. The highest BCUT2D eigenvalue weighted by atomic mass is 32.2. The van der Waals surface area contributed by atoms with Gasteiger partial charge in [0.25, 0.3) is 0 Å². The van der Waals surface area contributed by atoms with Gasteiger partial charge in [0, 0.05) is 35.5 Å². The van der Waals surface area contributed by atoms with Gasteiger partial charge in [-0.25, -0.2) is 8.42 Å². The van der Waals surface area contributed by atoms with Gasteiger partial charge in [0.1, 0.15) is 16.9 Å². The summed E-state index contributed by atoms with van der Waals surface area (Å²) >= 11 is 0.943. The van der Waals surface area contributed by atoms with E-state index in [4.69, 9.17) is 13.9 Å². The number of hydrogen-bond acceptors (Lipinski definition) is 9. The summed E-state index contributed by atoms with van der Waals surface area (Å²) < 4.78 is 87.6. The normalized spacial score (nSPS) is 14.3. The van der Waals surface area contributed by atoms with E-state index in [1.54, 1.807) is 18.2 Å². The zero-order chi connectivity index (χ0) is 35.0. The van der Waals surface area contributed by atoms with E-state index >= 15 is 0 Å². The van der Waals surface area contributed by atoms with E-state index in [-0.39, 0.29) is 53.6 Å². The van der Waals surface area contributed by atoms with Crippen molar-refractivity contribution in [3.05, 3.63) is 90.5 Å². The molecule has 0 spiro atoms. The first-order valence-corrected chi connectivity index (χ1v) is 17.7. The number of morpholine rings is 1. The van der Waals surface area contributed by atoms with Gasteiger partial charge in [-0.1, -0.05) is 48.2 Å². The largest absolute Gasteiger partial charge is 0.495 e. The smallest absolute Gasteiger partial charge is 0.416 e. The van der Waals surface area contributed by atoms with Crippen molar-refractivity contribution in [2.24, 2.45) is 0 Å². The monoisotopic (exact) mass is 723 g/mol. The van der Waals surface area contributed by atoms with Crippen molar-refractivity contribution in [2.45, 2.75) is 16.2 Å². The number of anilines is 1. The van der Waals surface area contributed by atoms with E-state index in [0.29, 0.717) is 28.2 Å². The first-order chi connectivity index (χ1) is 24.0. The van der Waals surface area contributed by atoms with E-state index < -0.39 is 27.7 Å². The Balaban J connectivity index is 1.21. The van der Waals surface area contributed by atoms with Crippen LogP contribution in [-0.2, 0) is 25.7 Å². The number of ether oxygens (including phenoxy) is 2. The molecule has 1 fully saturated rings. The summed E-state index contributed by atoms with van der Waals surface area (Å²) in [5.74, 6) is -0.168. The van der Waals surface area contributed by atoms with Crippen LogP contribution in [-0.4, -0.2) is 72.6 Å². The number of carbonyl (C=O) groups excluding carboxylic acids is 1. The molecule has 1 amide bonds. The van der Waals surface area contributed by atoms with Gasteiger partial charge in [0.05, 0.1) is 47.9 Å². The fourth-order valence-corrected chi connectivity index (χ4v) is 7.88. The van der Waals surface area contributed by atoms with Crippen LogP contribution in [0.4, 0.5) is 18.9 Å². The Hall–Kier alpha value is -4.90. The van der Waals surface area contributed by atoms with E-state index in [1.165, 1.54) is 46.3 Å². The molecule has 11 nitrogen and oxygen atoms in total. The molecule has 0 radical (unpaired) electrons. The molecule has 7 rings (SSSR count). The molecule has 16 heteroatoms. The number of alkyl halides is 3. The third-order valence-corrected chi connectivity index (χ3v) is 10.9. The first kappa shape index (κ1) is 33.6. The number of fused-ring (bicyclic) bond motifs is 3. The topological polar surface area (TPSA) is 129 Å². The third-order valence-electron chi connectivity index (χ3n) is 8.07. The van der Waals surface area contributed by atoms with Crippen molar-refractivity contribution in [1.82, 2.24) is 19.1 Å². The fraction of sp³-hybridized carbons (Fsp3) is 0.206. The second-order valence-corrected chi connectivity index (χ2v) is 14.1. The van der Waals surface area contributed by atoms with Crippen LogP contribution >= 0.6 is 11.8 Å². The van der Waals surface area contributed by atoms with Crippen LogP contribution in [0.1, 0.15) is 5.56 Å². The lowest BCUT2D eigenvalue weighted by molar-refractivity contribution is -0.137. The second-order valence-electron chi connectivity index (χ2n) is 11.2. The molecule has 0 aliphatic carbocycles. The number of aromatic nitrogens is 3. The SMILES string of the molecule is COc1cc2c(cc1NC(=O)CSc1nnc(-c3cccc(S(=O)(=O)N4CCOCC4)c3)n1-c1cccc(C(F)(F)F)c1)oc1ccccc12. The highest BCUT2D eigenvalue weighted by Gasteiger charge is 2.32. The minimum absolute atomic E-state index is 0.0144. The Morgan fingerprint density at radius 3 is 2.50 bits per heavy atom. The van der Waals surface area contributed by atoms with Gasteiger partial charge in [-0.05, 0) is 42.5 Å². The number of furan rings is 1. The molecule has 0 unspecified atom stereocenters. The highest BCUT2D eigenvalue weighted by molar-refractivity contribution is 7.99.